The van der Waals surface area contributed by atoms with E-state index < -0.39 is 15.2 Å². The smallest absolute Gasteiger partial charge is 0.426 e. The van der Waals surface area contributed by atoms with E-state index in [-0.39, 0.29) is 0 Å². The molecule has 0 amide bonds. The van der Waals surface area contributed by atoms with Gasteiger partial charge in [-0.15, -0.1) is 0 Å². The van der Waals surface area contributed by atoms with E-state index in [0.717, 1.165) is 5.81 Å². The Kier molecular flexibility index (Phi) is 38.5. The third-order valence-electron chi connectivity index (χ3n) is 8.14. The molecule has 0 aromatic heterocycles. The minimum absolute atomic E-state index is 0.549. The maximum Gasteiger partial charge on any atom is 0.426 e. The van der Waals surface area contributed by atoms with E-state index in [2.05, 4.69) is 55.4 Å². The van der Waals surface area contributed by atoms with E-state index in [9.17, 15) is 4.57 Å². The van der Waals surface area contributed by atoms with Crippen LogP contribution in [0.5, 0.6) is 0 Å². The van der Waals surface area contributed by atoms with Crippen molar-refractivity contribution < 1.29 is 37.7 Å². The van der Waals surface area contributed by atoms with E-state index in [0.29, 0.717) is 5.81 Å². The van der Waals surface area contributed by atoms with Crippen molar-refractivity contribution in [2.45, 2.75) is 158 Å². The molecular weight excluding hydrogens is 622 g/mol. The van der Waals surface area contributed by atoms with Crippen molar-refractivity contribution in [1.82, 2.24) is 0 Å². The first-order valence-corrected chi connectivity index (χ1v) is 21.4. The molecule has 0 radical (unpaired) electrons. The van der Waals surface area contributed by atoms with E-state index in [1.807, 2.05) is 0 Å². The van der Waals surface area contributed by atoms with Crippen molar-refractivity contribution in [3.8, 4) is 11.6 Å². The fourth-order valence-electron chi connectivity index (χ4n) is 5.29. The molecular formula is C34H74N4O6P2. The number of quaternary nitrogens is 2. The van der Waals surface area contributed by atoms with Crippen LogP contribution < -0.4 is 9.79 Å². The zero-order chi connectivity index (χ0) is 36.4. The third-order valence-corrected chi connectivity index (χ3v) is 8.65. The number of nitrogens with zero attached hydrogens (tertiary/aromatic N) is 4. The van der Waals surface area contributed by atoms with Gasteiger partial charge in [0.05, 0.1) is 58.2 Å². The van der Waals surface area contributed by atoms with Gasteiger partial charge >= 0.3 is 7.60 Å². The minimum atomic E-state index is -4.84. The molecule has 0 fully saturated rings. The average Bonchev–Trinajstić information content (AvgIpc) is 3.03. The number of rotatable bonds is 24. The molecule has 0 unspecified atom stereocenters. The van der Waals surface area contributed by atoms with Gasteiger partial charge in [-0.3, -0.25) is 0 Å². The summed E-state index contributed by atoms with van der Waals surface area (Å²) in [5.41, 5.74) is 0. The molecule has 0 spiro atoms. The minimum Gasteiger partial charge on any atom is -0.800 e. The second-order valence-electron chi connectivity index (χ2n) is 12.5. The first-order chi connectivity index (χ1) is 21.6. The molecule has 0 aromatic rings. The Morgan fingerprint density at radius 1 is 0.457 bits per heavy atom. The molecule has 0 saturated carbocycles. The lowest BCUT2D eigenvalue weighted by Gasteiger charge is -2.39. The summed E-state index contributed by atoms with van der Waals surface area (Å²) in [6.07, 6.45) is 22.1. The molecule has 2 N–H and O–H groups in total. The van der Waals surface area contributed by atoms with Crippen LogP contribution in [0, 0.1) is 22.1 Å². The molecule has 46 heavy (non-hydrogen) atoms. The Labute approximate surface area is 285 Å². The summed E-state index contributed by atoms with van der Waals surface area (Å²) in [7, 11) is -9.18. The molecule has 12 heteroatoms. The Bertz CT molecular complexity index is 693. The van der Waals surface area contributed by atoms with Gasteiger partial charge in [0.2, 0.25) is 0 Å². The lowest BCUT2D eigenvalue weighted by Crippen LogP contribution is -2.50. The average molecular weight is 697 g/mol. The maximum absolute atomic E-state index is 9.33. The van der Waals surface area contributed by atoms with Crippen LogP contribution in [0.3, 0.4) is 0 Å². The number of hydrogen-bond donors (Lipinski definition) is 2. The van der Waals surface area contributed by atoms with Crippen molar-refractivity contribution in [3.63, 3.8) is 0 Å². The third kappa shape index (κ3) is 37.7. The van der Waals surface area contributed by atoms with Crippen LogP contribution in [-0.2, 0) is 9.13 Å². The monoisotopic (exact) mass is 697 g/mol. The molecule has 0 aliphatic carbocycles. The predicted octanol–water partition coefficient (Wildman–Crippen LogP) is 8.03. The van der Waals surface area contributed by atoms with Gasteiger partial charge < -0.3 is 33.1 Å². The molecule has 276 valence electrons. The second-order valence-corrected chi connectivity index (χ2v) is 15.0. The van der Waals surface area contributed by atoms with Crippen LogP contribution in [0.4, 0.5) is 0 Å². The lowest BCUT2D eigenvalue weighted by atomic mass is 10.1. The number of nitriles is 2. The Hall–Kier alpha value is -0.800. The highest BCUT2D eigenvalue weighted by molar-refractivity contribution is 7.57. The molecule has 0 heterocycles. The van der Waals surface area contributed by atoms with E-state index >= 15 is 0 Å². The van der Waals surface area contributed by atoms with Crippen LogP contribution in [0.1, 0.15) is 158 Å². The second kappa shape index (κ2) is 34.1. The normalized spacial score (nSPS) is 11.5. The van der Waals surface area contributed by atoms with Crippen molar-refractivity contribution in [3.05, 3.63) is 0 Å². The highest BCUT2D eigenvalue weighted by atomic mass is 31.2. The summed E-state index contributed by atoms with van der Waals surface area (Å²) in [5.74, 6) is 1.32. The van der Waals surface area contributed by atoms with Crippen LogP contribution in [0.15, 0.2) is 0 Å². The molecule has 0 saturated heterocycles. The zero-order valence-corrected chi connectivity index (χ0v) is 33.0. The summed E-state index contributed by atoms with van der Waals surface area (Å²) >= 11 is 0. The molecule has 0 aliphatic rings. The quantitative estimate of drug-likeness (QED) is 0.0755. The van der Waals surface area contributed by atoms with Gasteiger partial charge in [-0.05, 0) is 51.4 Å². The first-order valence-electron chi connectivity index (χ1n) is 18.2. The topological polar surface area (TPSA) is 168 Å². The van der Waals surface area contributed by atoms with Crippen molar-refractivity contribution in [2.24, 2.45) is 0 Å². The summed E-state index contributed by atoms with van der Waals surface area (Å²) in [6.45, 7) is 30.0. The number of unbranched alkanes of at least 4 members (excludes halogenated alkanes) is 8. The lowest BCUT2D eigenvalue weighted by molar-refractivity contribution is -0.929. The molecule has 0 bridgehead atoms. The van der Waals surface area contributed by atoms with E-state index in [4.69, 9.17) is 34.7 Å². The first kappa shape index (κ1) is 52.0. The standard InChI is InChI=1S/2C16H36N.2CH2NO3P/c2*1-5-9-13-17(14-10-6-2,15-11-7-3)16-12-8-4;2*2-1-6(3,4)5/h2*5-16H2,1-4H3;2*(H2,3,4,5)/q2*+1;;/p-2. The van der Waals surface area contributed by atoms with Gasteiger partial charge in [0.15, 0.2) is 5.81 Å². The molecule has 0 aromatic carbocycles. The highest BCUT2D eigenvalue weighted by Crippen LogP contribution is 2.31. The molecule has 0 rings (SSSR count). The maximum atomic E-state index is 9.33. The van der Waals surface area contributed by atoms with Crippen LogP contribution in [0.2, 0.25) is 0 Å². The van der Waals surface area contributed by atoms with Gasteiger partial charge in [-0.1, -0.05) is 107 Å². The summed E-state index contributed by atoms with van der Waals surface area (Å²) in [4.78, 5) is 33.4. The Balaban J connectivity index is -0.000000284. The fourth-order valence-corrected chi connectivity index (χ4v) is 5.29. The van der Waals surface area contributed by atoms with Crippen LogP contribution >= 0.6 is 15.2 Å². The highest BCUT2D eigenvalue weighted by Gasteiger charge is 2.25. The molecule has 10 nitrogen and oxygen atoms in total. The summed E-state index contributed by atoms with van der Waals surface area (Å²) in [6, 6.07) is 0. The van der Waals surface area contributed by atoms with Gasteiger partial charge in [-0.2, -0.15) is 10.5 Å². The largest absolute Gasteiger partial charge is 0.800 e. The summed E-state index contributed by atoms with van der Waals surface area (Å²) < 4.78 is 21.3. The predicted molar refractivity (Wildman–Crippen MR) is 190 cm³/mol. The van der Waals surface area contributed by atoms with Gasteiger partial charge in [0.25, 0.3) is 0 Å². The van der Waals surface area contributed by atoms with E-state index in [1.165, 1.54) is 164 Å². The van der Waals surface area contributed by atoms with Crippen LogP contribution in [-0.4, -0.2) is 71.1 Å². The van der Waals surface area contributed by atoms with Crippen molar-refractivity contribution in [2.75, 3.05) is 52.4 Å². The molecule has 0 aliphatic heterocycles. The Morgan fingerprint density at radius 2 is 0.587 bits per heavy atom. The number of hydrogen-bond acceptors (Lipinski definition) is 6. The van der Waals surface area contributed by atoms with Gasteiger partial charge in [-0.25, -0.2) is 4.57 Å². The van der Waals surface area contributed by atoms with Crippen molar-refractivity contribution in [1.29, 1.82) is 10.5 Å². The fraction of sp³-hybridized carbons (Fsp3) is 0.941. The van der Waals surface area contributed by atoms with Gasteiger partial charge in [0, 0.05) is 7.60 Å². The molecule has 0 atom stereocenters. The van der Waals surface area contributed by atoms with Crippen LogP contribution in [0.25, 0.3) is 0 Å². The Morgan fingerprint density at radius 3 is 0.652 bits per heavy atom. The summed E-state index contributed by atoms with van der Waals surface area (Å²) in [5, 5.41) is 14.7. The van der Waals surface area contributed by atoms with E-state index in [1.54, 1.807) is 0 Å². The SMILES string of the molecule is CCCC[N+](CCCC)(CCCC)CCCC.CCCC[N+](CCCC)(CCCC)CCCC.N#CP(=O)(O)O.N#CP(=O)([O-])[O-]. The van der Waals surface area contributed by atoms with Gasteiger partial charge in [0.1, 0.15) is 0 Å². The van der Waals surface area contributed by atoms with Crippen molar-refractivity contribution >= 4 is 15.2 Å². The zero-order valence-electron chi connectivity index (χ0n) is 31.2.